The Balaban J connectivity index is 1.30. The summed E-state index contributed by atoms with van der Waals surface area (Å²) in [5.74, 6) is -1.59. The maximum Gasteiger partial charge on any atom is 0.341 e. The maximum atomic E-state index is 13.5. The highest BCUT2D eigenvalue weighted by Crippen LogP contribution is 2.36. The molecule has 0 saturated carbocycles. The van der Waals surface area contributed by atoms with E-state index < -0.39 is 17.1 Å². The molecule has 4 aromatic carbocycles. The standard InChI is InChI=1S/C35H31N3O5S2/c1-4-28(44-27-16-10-15-26(20-27)37-31(39)24-18-17-22-11-8-9-12-23(22)19-24)32(40)38-34-29(35(42)43-3)21(2)30(45-34)33(41)36-25-13-6-5-7-14-25/h5-20,28H,4H2,1-3H3,(H,36,41)(H,37,39)(H,38,40). The van der Waals surface area contributed by atoms with Crippen LogP contribution >= 0.6 is 23.1 Å². The number of anilines is 3. The molecule has 0 bridgehead atoms. The van der Waals surface area contributed by atoms with Gasteiger partial charge in [0.05, 0.1) is 22.8 Å². The fraction of sp³-hybridized carbons (Fsp3) is 0.143. The molecular formula is C35H31N3O5S2. The number of esters is 1. The van der Waals surface area contributed by atoms with Gasteiger partial charge in [0.2, 0.25) is 5.91 Å². The van der Waals surface area contributed by atoms with Gasteiger partial charge < -0.3 is 20.7 Å². The average molecular weight is 638 g/mol. The Bertz CT molecular complexity index is 1890. The zero-order chi connectivity index (χ0) is 31.9. The van der Waals surface area contributed by atoms with Crippen LogP contribution in [-0.2, 0) is 9.53 Å². The number of ether oxygens (including phenoxy) is 1. The van der Waals surface area contributed by atoms with E-state index in [1.807, 2.05) is 67.6 Å². The van der Waals surface area contributed by atoms with Crippen LogP contribution in [0.3, 0.4) is 0 Å². The second-order valence-corrected chi connectivity index (χ2v) is 12.4. The monoisotopic (exact) mass is 637 g/mol. The van der Waals surface area contributed by atoms with Crippen LogP contribution in [0.5, 0.6) is 0 Å². The van der Waals surface area contributed by atoms with E-state index in [0.717, 1.165) is 27.0 Å². The molecular weight excluding hydrogens is 607 g/mol. The summed E-state index contributed by atoms with van der Waals surface area (Å²) in [6.45, 7) is 3.55. The lowest BCUT2D eigenvalue weighted by Crippen LogP contribution is -2.25. The number of amides is 3. The lowest BCUT2D eigenvalue weighted by Gasteiger charge is -2.15. The Kier molecular flexibility index (Phi) is 9.96. The third-order valence-electron chi connectivity index (χ3n) is 7.06. The van der Waals surface area contributed by atoms with Crippen LogP contribution in [0.4, 0.5) is 16.4 Å². The fourth-order valence-electron chi connectivity index (χ4n) is 4.74. The Labute approximate surface area is 269 Å². The molecule has 3 N–H and O–H groups in total. The van der Waals surface area contributed by atoms with Crippen molar-refractivity contribution in [3.63, 3.8) is 0 Å². The lowest BCUT2D eigenvalue weighted by atomic mass is 10.1. The highest BCUT2D eigenvalue weighted by atomic mass is 32.2. The first-order valence-corrected chi connectivity index (χ1v) is 15.9. The van der Waals surface area contributed by atoms with E-state index in [-0.39, 0.29) is 22.4 Å². The molecule has 45 heavy (non-hydrogen) atoms. The number of fused-ring (bicyclic) bond motifs is 1. The van der Waals surface area contributed by atoms with E-state index >= 15 is 0 Å². The van der Waals surface area contributed by atoms with Gasteiger partial charge in [-0.1, -0.05) is 61.5 Å². The zero-order valence-corrected chi connectivity index (χ0v) is 26.5. The summed E-state index contributed by atoms with van der Waals surface area (Å²) in [6, 6.07) is 29.7. The number of hydrogen-bond acceptors (Lipinski definition) is 7. The highest BCUT2D eigenvalue weighted by Gasteiger charge is 2.28. The molecule has 0 fully saturated rings. The molecule has 0 saturated heterocycles. The molecule has 5 rings (SSSR count). The van der Waals surface area contributed by atoms with E-state index in [0.29, 0.717) is 33.8 Å². The van der Waals surface area contributed by atoms with Gasteiger partial charge in [0.25, 0.3) is 11.8 Å². The van der Waals surface area contributed by atoms with Crippen molar-refractivity contribution in [2.24, 2.45) is 0 Å². The molecule has 1 aromatic heterocycles. The lowest BCUT2D eigenvalue weighted by molar-refractivity contribution is -0.115. The van der Waals surface area contributed by atoms with Crippen molar-refractivity contribution >= 4 is 73.9 Å². The Morgan fingerprint density at radius 1 is 0.778 bits per heavy atom. The van der Waals surface area contributed by atoms with Crippen molar-refractivity contribution in [2.75, 3.05) is 23.1 Å². The van der Waals surface area contributed by atoms with Gasteiger partial charge in [-0.15, -0.1) is 23.1 Å². The normalized spacial score (nSPS) is 11.4. The number of carbonyl (C=O) groups excluding carboxylic acids is 4. The number of nitrogens with one attached hydrogen (secondary N) is 3. The third-order valence-corrected chi connectivity index (χ3v) is 9.62. The molecule has 5 aromatic rings. The highest BCUT2D eigenvalue weighted by molar-refractivity contribution is 8.00. The molecule has 8 nitrogen and oxygen atoms in total. The number of para-hydroxylation sites is 1. The summed E-state index contributed by atoms with van der Waals surface area (Å²) in [5, 5.41) is 10.4. The van der Waals surface area contributed by atoms with Crippen molar-refractivity contribution in [1.29, 1.82) is 0 Å². The van der Waals surface area contributed by atoms with Gasteiger partial charge in [0.1, 0.15) is 5.00 Å². The van der Waals surface area contributed by atoms with Gasteiger partial charge in [-0.2, -0.15) is 0 Å². The summed E-state index contributed by atoms with van der Waals surface area (Å²) in [4.78, 5) is 53.4. The molecule has 0 spiro atoms. The van der Waals surface area contributed by atoms with Crippen LogP contribution < -0.4 is 16.0 Å². The Morgan fingerprint density at radius 2 is 1.47 bits per heavy atom. The number of carbonyl (C=O) groups is 4. The number of thiophene rings is 1. The fourth-order valence-corrected chi connectivity index (χ4v) is 6.84. The quantitative estimate of drug-likeness (QED) is 0.106. The van der Waals surface area contributed by atoms with E-state index in [4.69, 9.17) is 4.74 Å². The van der Waals surface area contributed by atoms with E-state index in [2.05, 4.69) is 16.0 Å². The van der Waals surface area contributed by atoms with E-state index in [1.54, 1.807) is 43.3 Å². The smallest absolute Gasteiger partial charge is 0.341 e. The van der Waals surface area contributed by atoms with Crippen LogP contribution in [0, 0.1) is 6.92 Å². The first-order chi connectivity index (χ1) is 21.8. The van der Waals surface area contributed by atoms with Crippen molar-refractivity contribution in [1.82, 2.24) is 0 Å². The number of benzene rings is 4. The molecule has 0 aliphatic carbocycles. The van der Waals surface area contributed by atoms with Crippen molar-refractivity contribution in [2.45, 2.75) is 30.4 Å². The summed E-state index contributed by atoms with van der Waals surface area (Å²) in [6.07, 6.45) is 0.490. The third kappa shape index (κ3) is 7.42. The second-order valence-electron chi connectivity index (χ2n) is 10.1. The summed E-state index contributed by atoms with van der Waals surface area (Å²) >= 11 is 2.37. The molecule has 0 aliphatic rings. The minimum atomic E-state index is -0.645. The van der Waals surface area contributed by atoms with Gasteiger partial charge in [-0.05, 0) is 72.1 Å². The minimum absolute atomic E-state index is 0.146. The van der Waals surface area contributed by atoms with Gasteiger partial charge in [-0.25, -0.2) is 4.79 Å². The first kappa shape index (κ1) is 31.5. The van der Waals surface area contributed by atoms with Crippen LogP contribution in [-0.4, -0.2) is 36.1 Å². The number of thioether (sulfide) groups is 1. The predicted octanol–water partition coefficient (Wildman–Crippen LogP) is 8.01. The molecule has 1 heterocycles. The summed E-state index contributed by atoms with van der Waals surface area (Å²) < 4.78 is 4.98. The molecule has 228 valence electrons. The van der Waals surface area contributed by atoms with Gasteiger partial charge in [-0.3, -0.25) is 14.4 Å². The maximum absolute atomic E-state index is 13.5. The number of hydrogen-bond donors (Lipinski definition) is 3. The molecule has 0 radical (unpaired) electrons. The number of rotatable bonds is 10. The topological polar surface area (TPSA) is 114 Å². The summed E-state index contributed by atoms with van der Waals surface area (Å²) in [5.41, 5.74) is 2.32. The zero-order valence-electron chi connectivity index (χ0n) is 24.9. The largest absolute Gasteiger partial charge is 0.465 e. The van der Waals surface area contributed by atoms with Crippen LogP contribution in [0.15, 0.2) is 102 Å². The molecule has 1 unspecified atom stereocenters. The van der Waals surface area contributed by atoms with Crippen LogP contribution in [0.1, 0.15) is 49.3 Å². The van der Waals surface area contributed by atoms with Gasteiger partial charge >= 0.3 is 5.97 Å². The molecule has 0 aliphatic heterocycles. The Hall–Kier alpha value is -4.93. The van der Waals surface area contributed by atoms with Crippen LogP contribution in [0.25, 0.3) is 10.8 Å². The summed E-state index contributed by atoms with van der Waals surface area (Å²) in [7, 11) is 1.26. The second kappa shape index (κ2) is 14.2. The predicted molar refractivity (Wildman–Crippen MR) is 182 cm³/mol. The SMILES string of the molecule is CCC(Sc1cccc(NC(=O)c2ccc3ccccc3c2)c1)C(=O)Nc1sc(C(=O)Nc2ccccc2)c(C)c1C(=O)OC. The molecule has 10 heteroatoms. The van der Waals surface area contributed by atoms with Crippen molar-refractivity contribution in [3.8, 4) is 0 Å². The van der Waals surface area contributed by atoms with Gasteiger partial charge in [0.15, 0.2) is 0 Å². The van der Waals surface area contributed by atoms with Crippen molar-refractivity contribution < 1.29 is 23.9 Å². The van der Waals surface area contributed by atoms with Crippen LogP contribution in [0.2, 0.25) is 0 Å². The molecule has 3 amide bonds. The average Bonchev–Trinajstić information content (AvgIpc) is 3.38. The number of methoxy groups -OCH3 is 1. The Morgan fingerprint density at radius 3 is 2.20 bits per heavy atom. The molecule has 1 atom stereocenters. The van der Waals surface area contributed by atoms with Crippen molar-refractivity contribution in [3.05, 3.63) is 119 Å². The van der Waals surface area contributed by atoms with E-state index in [9.17, 15) is 19.2 Å². The van der Waals surface area contributed by atoms with Gasteiger partial charge in [0, 0.05) is 21.8 Å². The van der Waals surface area contributed by atoms with E-state index in [1.165, 1.54) is 18.9 Å². The first-order valence-electron chi connectivity index (χ1n) is 14.2. The minimum Gasteiger partial charge on any atom is -0.465 e.